The van der Waals surface area contributed by atoms with Crippen LogP contribution < -0.4 is 5.32 Å². The fourth-order valence-electron chi connectivity index (χ4n) is 2.39. The van der Waals surface area contributed by atoms with Gasteiger partial charge in [0, 0.05) is 45.8 Å². The van der Waals surface area contributed by atoms with Crippen LogP contribution in [0.1, 0.15) is 6.92 Å². The van der Waals surface area contributed by atoms with Crippen molar-refractivity contribution in [2.45, 2.75) is 6.92 Å². The number of hydrogen-bond donors (Lipinski definition) is 1. The van der Waals surface area contributed by atoms with Crippen LogP contribution in [-0.2, 0) is 0 Å². The molecule has 1 unspecified atom stereocenters. The molecule has 1 aliphatic rings. The van der Waals surface area contributed by atoms with Crippen LogP contribution in [0.2, 0.25) is 0 Å². The maximum absolute atomic E-state index is 3.26. The summed E-state index contributed by atoms with van der Waals surface area (Å²) in [4.78, 5) is 7.45. The number of nitrogens with zero attached hydrogens (tertiary/aromatic N) is 3. The highest BCUT2D eigenvalue weighted by molar-refractivity contribution is 4.74. The third-order valence-corrected chi connectivity index (χ3v) is 3.45. The van der Waals surface area contributed by atoms with Gasteiger partial charge in [-0.25, -0.2) is 0 Å². The van der Waals surface area contributed by atoms with Gasteiger partial charge in [0.15, 0.2) is 0 Å². The van der Waals surface area contributed by atoms with Crippen molar-refractivity contribution in [3.8, 4) is 0 Å². The highest BCUT2D eigenvalue weighted by Gasteiger charge is 2.17. The first kappa shape index (κ1) is 14.9. The molecule has 1 N–H and O–H groups in total. The fraction of sp³-hybridized carbons (Fsp3) is 1.00. The molecule has 0 aromatic heterocycles. The summed E-state index contributed by atoms with van der Waals surface area (Å²) < 4.78 is 0. The maximum Gasteiger partial charge on any atom is 0.0110 e. The largest absolute Gasteiger partial charge is 0.319 e. The fourth-order valence-corrected chi connectivity index (χ4v) is 2.39. The standard InChI is InChI=1S/C13H30N4/c1-13(11-14-2)12-17-9-7-16(8-10-17)6-5-15(3)4/h13-14H,5-12H2,1-4H3. The summed E-state index contributed by atoms with van der Waals surface area (Å²) in [5.74, 6) is 0.758. The van der Waals surface area contributed by atoms with Crippen LogP contribution in [0.3, 0.4) is 0 Å². The van der Waals surface area contributed by atoms with E-state index in [1.54, 1.807) is 0 Å². The quantitative estimate of drug-likeness (QED) is 0.679. The van der Waals surface area contributed by atoms with Crippen LogP contribution in [-0.4, -0.2) is 88.2 Å². The number of rotatable bonds is 7. The van der Waals surface area contributed by atoms with Crippen LogP contribution in [0.15, 0.2) is 0 Å². The van der Waals surface area contributed by atoms with Gasteiger partial charge in [0.2, 0.25) is 0 Å². The number of hydrogen-bond acceptors (Lipinski definition) is 4. The van der Waals surface area contributed by atoms with E-state index in [1.165, 1.54) is 45.8 Å². The average Bonchev–Trinajstić information content (AvgIpc) is 2.28. The second-order valence-electron chi connectivity index (χ2n) is 5.61. The van der Waals surface area contributed by atoms with Gasteiger partial charge in [0.05, 0.1) is 0 Å². The Hall–Kier alpha value is -0.160. The molecule has 0 aromatic carbocycles. The zero-order valence-electron chi connectivity index (χ0n) is 12.1. The van der Waals surface area contributed by atoms with E-state index in [4.69, 9.17) is 0 Å². The van der Waals surface area contributed by atoms with Gasteiger partial charge < -0.3 is 15.1 Å². The number of piperazine rings is 1. The summed E-state index contributed by atoms with van der Waals surface area (Å²) in [6.07, 6.45) is 0. The number of nitrogens with one attached hydrogen (secondary N) is 1. The minimum Gasteiger partial charge on any atom is -0.319 e. The summed E-state index contributed by atoms with van der Waals surface area (Å²) in [7, 11) is 6.33. The van der Waals surface area contributed by atoms with E-state index >= 15 is 0 Å². The molecule has 1 rings (SSSR count). The molecule has 1 aliphatic heterocycles. The lowest BCUT2D eigenvalue weighted by Crippen LogP contribution is -2.49. The van der Waals surface area contributed by atoms with Crippen molar-refractivity contribution in [1.82, 2.24) is 20.0 Å². The van der Waals surface area contributed by atoms with Gasteiger partial charge in [-0.05, 0) is 33.6 Å². The molecule has 1 atom stereocenters. The summed E-state index contributed by atoms with van der Waals surface area (Å²) >= 11 is 0. The van der Waals surface area contributed by atoms with Gasteiger partial charge in [-0.1, -0.05) is 6.92 Å². The summed E-state index contributed by atoms with van der Waals surface area (Å²) in [6.45, 7) is 12.0. The topological polar surface area (TPSA) is 21.8 Å². The maximum atomic E-state index is 3.26. The Morgan fingerprint density at radius 3 is 2.24 bits per heavy atom. The first-order valence-electron chi connectivity index (χ1n) is 6.86. The Bertz CT molecular complexity index is 188. The number of likely N-dealkylation sites (N-methyl/N-ethyl adjacent to an activating group) is 1. The molecule has 0 saturated carbocycles. The molecule has 4 nitrogen and oxygen atoms in total. The molecule has 0 bridgehead atoms. The first-order valence-corrected chi connectivity index (χ1v) is 6.86. The minimum absolute atomic E-state index is 0.758. The van der Waals surface area contributed by atoms with Crippen LogP contribution >= 0.6 is 0 Å². The van der Waals surface area contributed by atoms with Gasteiger partial charge in [0.1, 0.15) is 0 Å². The lowest BCUT2D eigenvalue weighted by atomic mass is 10.1. The van der Waals surface area contributed by atoms with E-state index in [0.717, 1.165) is 12.5 Å². The van der Waals surface area contributed by atoms with Gasteiger partial charge in [0.25, 0.3) is 0 Å². The van der Waals surface area contributed by atoms with Crippen LogP contribution in [0.25, 0.3) is 0 Å². The zero-order valence-corrected chi connectivity index (χ0v) is 12.1. The predicted octanol–water partition coefficient (Wildman–Crippen LogP) is 0.0211. The normalized spacial score (nSPS) is 21.0. The van der Waals surface area contributed by atoms with Crippen molar-refractivity contribution in [3.63, 3.8) is 0 Å². The summed E-state index contributed by atoms with van der Waals surface area (Å²) in [5.41, 5.74) is 0. The molecule has 0 spiro atoms. The Kier molecular flexibility index (Phi) is 7.04. The van der Waals surface area contributed by atoms with Crippen molar-refractivity contribution in [2.75, 3.05) is 73.5 Å². The minimum atomic E-state index is 0.758. The second-order valence-corrected chi connectivity index (χ2v) is 5.61. The van der Waals surface area contributed by atoms with E-state index in [-0.39, 0.29) is 0 Å². The van der Waals surface area contributed by atoms with Gasteiger partial charge >= 0.3 is 0 Å². The molecule has 0 aromatic rings. The van der Waals surface area contributed by atoms with Crippen molar-refractivity contribution in [2.24, 2.45) is 5.92 Å². The van der Waals surface area contributed by atoms with Crippen molar-refractivity contribution >= 4 is 0 Å². The van der Waals surface area contributed by atoms with Gasteiger partial charge in [-0.3, -0.25) is 4.90 Å². The third kappa shape index (κ3) is 6.36. The van der Waals surface area contributed by atoms with E-state index in [9.17, 15) is 0 Å². The van der Waals surface area contributed by atoms with Gasteiger partial charge in [-0.15, -0.1) is 0 Å². The zero-order chi connectivity index (χ0) is 12.7. The van der Waals surface area contributed by atoms with Crippen molar-refractivity contribution < 1.29 is 0 Å². The van der Waals surface area contributed by atoms with Crippen molar-refractivity contribution in [3.05, 3.63) is 0 Å². The Morgan fingerprint density at radius 1 is 1.12 bits per heavy atom. The molecule has 0 amide bonds. The highest BCUT2D eigenvalue weighted by Crippen LogP contribution is 2.05. The lowest BCUT2D eigenvalue weighted by Gasteiger charge is -2.36. The molecule has 1 saturated heterocycles. The molecule has 0 radical (unpaired) electrons. The van der Waals surface area contributed by atoms with Gasteiger partial charge in [-0.2, -0.15) is 0 Å². The van der Waals surface area contributed by atoms with Crippen LogP contribution in [0, 0.1) is 5.92 Å². The predicted molar refractivity (Wildman–Crippen MR) is 74.5 cm³/mol. The molecule has 102 valence electrons. The van der Waals surface area contributed by atoms with Crippen LogP contribution in [0.5, 0.6) is 0 Å². The van der Waals surface area contributed by atoms with E-state index < -0.39 is 0 Å². The Balaban J connectivity index is 2.12. The Labute approximate surface area is 107 Å². The molecular weight excluding hydrogens is 212 g/mol. The second kappa shape index (κ2) is 8.03. The third-order valence-electron chi connectivity index (χ3n) is 3.45. The van der Waals surface area contributed by atoms with E-state index in [2.05, 4.69) is 41.0 Å². The SMILES string of the molecule is CNCC(C)CN1CCN(CCN(C)C)CC1. The molecule has 1 fully saturated rings. The van der Waals surface area contributed by atoms with Crippen molar-refractivity contribution in [1.29, 1.82) is 0 Å². The summed E-state index contributed by atoms with van der Waals surface area (Å²) in [5, 5.41) is 3.26. The van der Waals surface area contributed by atoms with E-state index in [1.807, 2.05) is 7.05 Å². The molecular formula is C13H30N4. The lowest BCUT2D eigenvalue weighted by molar-refractivity contribution is 0.114. The highest BCUT2D eigenvalue weighted by atomic mass is 15.3. The molecule has 17 heavy (non-hydrogen) atoms. The molecule has 1 heterocycles. The van der Waals surface area contributed by atoms with Crippen LogP contribution in [0.4, 0.5) is 0 Å². The van der Waals surface area contributed by atoms with E-state index in [0.29, 0.717) is 0 Å². The molecule has 0 aliphatic carbocycles. The average molecular weight is 242 g/mol. The monoisotopic (exact) mass is 242 g/mol. The summed E-state index contributed by atoms with van der Waals surface area (Å²) in [6, 6.07) is 0. The smallest absolute Gasteiger partial charge is 0.0110 e. The Morgan fingerprint density at radius 2 is 1.71 bits per heavy atom. The molecule has 4 heteroatoms. The first-order chi connectivity index (χ1) is 8.11.